The number of carbonyl (C=O) groups excluding carboxylic acids is 2. The fourth-order valence-corrected chi connectivity index (χ4v) is 5.99. The molecule has 6 rings (SSSR count). The van der Waals surface area contributed by atoms with Gasteiger partial charge < -0.3 is 15.4 Å². The molecule has 0 spiro atoms. The molecular formula is C36H28ClN5O5S. The van der Waals surface area contributed by atoms with Gasteiger partial charge >= 0.3 is 0 Å². The average molecular weight is 678 g/mol. The molecule has 0 aliphatic heterocycles. The molecule has 0 saturated carbocycles. The van der Waals surface area contributed by atoms with Crippen LogP contribution in [0.1, 0.15) is 31.8 Å². The highest BCUT2D eigenvalue weighted by molar-refractivity contribution is 7.22. The number of ether oxygens (including phenoxy) is 1. The predicted molar refractivity (Wildman–Crippen MR) is 189 cm³/mol. The first-order valence-electron chi connectivity index (χ1n) is 14.9. The summed E-state index contributed by atoms with van der Waals surface area (Å²) in [5, 5.41) is 21.4. The maximum Gasteiger partial charge on any atom is 0.293 e. The van der Waals surface area contributed by atoms with Crippen molar-refractivity contribution in [2.24, 2.45) is 0 Å². The number of carbonyl (C=O) groups is 2. The highest BCUT2D eigenvalue weighted by Gasteiger charge is 2.19. The number of rotatable bonds is 12. The molecule has 1 heterocycles. The summed E-state index contributed by atoms with van der Waals surface area (Å²) in [6.45, 7) is 0.859. The fraction of sp³-hybridized carbons (Fsp3) is 0.0833. The van der Waals surface area contributed by atoms with E-state index < -0.39 is 10.8 Å². The van der Waals surface area contributed by atoms with E-state index in [-0.39, 0.29) is 17.2 Å². The van der Waals surface area contributed by atoms with Gasteiger partial charge in [0.25, 0.3) is 17.5 Å². The molecule has 0 aliphatic rings. The summed E-state index contributed by atoms with van der Waals surface area (Å²) in [6, 6.07) is 33.6. The Morgan fingerprint density at radius 3 is 2.31 bits per heavy atom. The number of nitro benzene ring substituents is 1. The van der Waals surface area contributed by atoms with E-state index in [1.54, 1.807) is 48.5 Å². The minimum Gasteiger partial charge on any atom is -0.489 e. The summed E-state index contributed by atoms with van der Waals surface area (Å²) in [4.78, 5) is 41.8. The lowest BCUT2D eigenvalue weighted by Gasteiger charge is -2.09. The van der Waals surface area contributed by atoms with Gasteiger partial charge in [-0.25, -0.2) is 4.98 Å². The van der Waals surface area contributed by atoms with E-state index >= 15 is 0 Å². The topological polar surface area (TPSA) is 135 Å². The van der Waals surface area contributed by atoms with Crippen LogP contribution in [0.3, 0.4) is 0 Å². The van der Waals surface area contributed by atoms with Crippen molar-refractivity contribution in [3.63, 3.8) is 0 Å². The van der Waals surface area contributed by atoms with E-state index in [0.29, 0.717) is 62.6 Å². The van der Waals surface area contributed by atoms with Crippen LogP contribution < -0.4 is 20.7 Å². The van der Waals surface area contributed by atoms with E-state index in [1.165, 1.54) is 29.5 Å². The smallest absolute Gasteiger partial charge is 0.293 e. The standard InChI is InChI=1S/C36H28ClN5O5S/c37-27-8-4-7-24(19-27)22-47-29-13-11-28(12-14-29)39-34(43)26-10-16-31-33(21-26)48-36(40-31)41-35(44)25-9-15-30(32(20-25)42(45)46)38-18-17-23-5-2-1-3-6-23/h1-16,19-21,38H,17-18,22H2,(H,39,43)(H,40,41,44). The van der Waals surface area contributed by atoms with Crippen LogP contribution in [0.15, 0.2) is 115 Å². The van der Waals surface area contributed by atoms with Crippen molar-refractivity contribution in [3.05, 3.63) is 153 Å². The molecule has 6 aromatic rings. The number of anilines is 3. The van der Waals surface area contributed by atoms with E-state index in [4.69, 9.17) is 16.3 Å². The molecule has 240 valence electrons. The number of hydrogen-bond donors (Lipinski definition) is 3. The van der Waals surface area contributed by atoms with Crippen molar-refractivity contribution in [3.8, 4) is 5.75 Å². The van der Waals surface area contributed by atoms with Gasteiger partial charge in [-0.2, -0.15) is 0 Å². The van der Waals surface area contributed by atoms with Crippen LogP contribution in [-0.4, -0.2) is 28.3 Å². The summed E-state index contributed by atoms with van der Waals surface area (Å²) in [6.07, 6.45) is 0.690. The summed E-state index contributed by atoms with van der Waals surface area (Å²) in [5.41, 5.74) is 3.91. The quantitative estimate of drug-likeness (QED) is 0.0872. The molecule has 0 radical (unpaired) electrons. The molecule has 0 saturated heterocycles. The molecular weight excluding hydrogens is 650 g/mol. The van der Waals surface area contributed by atoms with Gasteiger partial charge in [-0.15, -0.1) is 0 Å². The second kappa shape index (κ2) is 14.8. The Kier molecular flexibility index (Phi) is 9.89. The SMILES string of the molecule is O=C(Nc1ccc(OCc2cccc(Cl)c2)cc1)c1ccc2nc(NC(=O)c3ccc(NCCc4ccccc4)c([N+](=O)[O-])c3)sc2c1. The minimum absolute atomic E-state index is 0.121. The fourth-order valence-electron chi connectivity index (χ4n) is 4.88. The third-order valence-electron chi connectivity index (χ3n) is 7.31. The molecule has 48 heavy (non-hydrogen) atoms. The molecule has 5 aromatic carbocycles. The number of hydrogen-bond acceptors (Lipinski definition) is 8. The monoisotopic (exact) mass is 677 g/mol. The second-order valence-corrected chi connectivity index (χ2v) is 12.2. The van der Waals surface area contributed by atoms with Gasteiger partial charge in [-0.3, -0.25) is 25.0 Å². The van der Waals surface area contributed by atoms with E-state index in [0.717, 1.165) is 11.1 Å². The number of benzene rings is 5. The highest BCUT2D eigenvalue weighted by Crippen LogP contribution is 2.30. The first-order valence-corrected chi connectivity index (χ1v) is 16.1. The molecule has 0 atom stereocenters. The van der Waals surface area contributed by atoms with Crippen LogP contribution in [-0.2, 0) is 13.0 Å². The van der Waals surface area contributed by atoms with Crippen molar-refractivity contribution >= 4 is 67.2 Å². The third-order valence-corrected chi connectivity index (χ3v) is 8.48. The number of thiazole rings is 1. The van der Waals surface area contributed by atoms with Gasteiger partial charge in [0, 0.05) is 34.4 Å². The van der Waals surface area contributed by atoms with Crippen molar-refractivity contribution < 1.29 is 19.2 Å². The van der Waals surface area contributed by atoms with Gasteiger partial charge in [-0.1, -0.05) is 65.4 Å². The number of nitrogens with one attached hydrogen (secondary N) is 3. The highest BCUT2D eigenvalue weighted by atomic mass is 35.5. The molecule has 0 fully saturated rings. The van der Waals surface area contributed by atoms with Crippen molar-refractivity contribution in [1.82, 2.24) is 4.98 Å². The number of halogens is 1. The number of fused-ring (bicyclic) bond motifs is 1. The molecule has 3 N–H and O–H groups in total. The first-order chi connectivity index (χ1) is 23.3. The minimum atomic E-state index is -0.536. The molecule has 12 heteroatoms. The van der Waals surface area contributed by atoms with Gasteiger partial charge in [0.15, 0.2) is 5.13 Å². The Balaban J connectivity index is 1.06. The van der Waals surface area contributed by atoms with Crippen LogP contribution in [0.25, 0.3) is 10.2 Å². The average Bonchev–Trinajstić information content (AvgIpc) is 3.50. The van der Waals surface area contributed by atoms with Crippen LogP contribution in [0.5, 0.6) is 5.75 Å². The molecule has 2 amide bonds. The molecule has 0 aliphatic carbocycles. The van der Waals surface area contributed by atoms with Crippen molar-refractivity contribution in [2.45, 2.75) is 13.0 Å². The van der Waals surface area contributed by atoms with Crippen molar-refractivity contribution in [2.75, 3.05) is 22.5 Å². The normalized spacial score (nSPS) is 10.8. The number of nitrogens with zero attached hydrogens (tertiary/aromatic N) is 2. The number of aromatic nitrogens is 1. The molecule has 0 unspecified atom stereocenters. The summed E-state index contributed by atoms with van der Waals surface area (Å²) in [5.74, 6) is -0.200. The number of amides is 2. The van der Waals surface area contributed by atoms with Crippen LogP contribution >= 0.6 is 22.9 Å². The van der Waals surface area contributed by atoms with Crippen molar-refractivity contribution in [1.29, 1.82) is 0 Å². The zero-order chi connectivity index (χ0) is 33.5. The van der Waals surface area contributed by atoms with E-state index in [1.807, 2.05) is 48.5 Å². The molecule has 0 bridgehead atoms. The van der Waals surface area contributed by atoms with Gasteiger partial charge in [0.2, 0.25) is 0 Å². The lowest BCUT2D eigenvalue weighted by Crippen LogP contribution is -2.13. The lowest BCUT2D eigenvalue weighted by molar-refractivity contribution is -0.384. The predicted octanol–water partition coefficient (Wildman–Crippen LogP) is 8.60. The second-order valence-electron chi connectivity index (χ2n) is 10.7. The van der Waals surface area contributed by atoms with E-state index in [9.17, 15) is 19.7 Å². The Labute approximate surface area is 284 Å². The zero-order valence-electron chi connectivity index (χ0n) is 25.3. The van der Waals surface area contributed by atoms with Gasteiger partial charge in [0.05, 0.1) is 15.1 Å². The van der Waals surface area contributed by atoms with Gasteiger partial charge in [-0.05, 0) is 84.3 Å². The summed E-state index contributed by atoms with van der Waals surface area (Å²) >= 11 is 7.22. The first kappa shape index (κ1) is 32.2. The summed E-state index contributed by atoms with van der Waals surface area (Å²) < 4.78 is 6.49. The zero-order valence-corrected chi connectivity index (χ0v) is 26.9. The largest absolute Gasteiger partial charge is 0.489 e. The maximum absolute atomic E-state index is 13.0. The Bertz CT molecular complexity index is 2100. The Hall–Kier alpha value is -5.78. The molecule has 10 nitrogen and oxygen atoms in total. The summed E-state index contributed by atoms with van der Waals surface area (Å²) in [7, 11) is 0. The van der Waals surface area contributed by atoms with Crippen LogP contribution in [0.2, 0.25) is 5.02 Å². The third kappa shape index (κ3) is 8.13. The van der Waals surface area contributed by atoms with Crippen LogP contribution in [0.4, 0.5) is 22.2 Å². The molecule has 1 aromatic heterocycles. The Morgan fingerprint density at radius 1 is 0.812 bits per heavy atom. The lowest BCUT2D eigenvalue weighted by atomic mass is 10.1. The Morgan fingerprint density at radius 2 is 1.54 bits per heavy atom. The van der Waals surface area contributed by atoms with Gasteiger partial charge in [0.1, 0.15) is 18.0 Å². The van der Waals surface area contributed by atoms with Crippen LogP contribution in [0, 0.1) is 10.1 Å². The number of nitro groups is 1. The van der Waals surface area contributed by atoms with E-state index in [2.05, 4.69) is 20.9 Å². The maximum atomic E-state index is 13.0.